The number of hydrogen-bond acceptors (Lipinski definition) is 5. The molecule has 0 radical (unpaired) electrons. The second-order valence-corrected chi connectivity index (χ2v) is 6.20. The predicted molar refractivity (Wildman–Crippen MR) is 88.4 cm³/mol. The fraction of sp³-hybridized carbons (Fsp3) is 0.647. The Kier molecular flexibility index (Phi) is 7.45. The molecule has 5 nitrogen and oxygen atoms in total. The molecule has 0 aromatic heterocycles. The maximum Gasteiger partial charge on any atom is 0.0552 e. The van der Waals surface area contributed by atoms with Gasteiger partial charge in [0, 0.05) is 13.1 Å². The lowest BCUT2D eigenvalue weighted by Gasteiger charge is -2.24. The Morgan fingerprint density at radius 3 is 1.64 bits per heavy atom. The molecule has 1 aromatic carbocycles. The number of rotatable bonds is 8. The molecular weight excluding hydrogens is 280 g/mol. The average Bonchev–Trinajstić information content (AvgIpc) is 2.40. The Morgan fingerprint density at radius 2 is 1.23 bits per heavy atom. The van der Waals surface area contributed by atoms with Gasteiger partial charge in [0.15, 0.2) is 0 Å². The Morgan fingerprint density at radius 1 is 0.727 bits per heavy atom. The third-order valence-electron chi connectivity index (χ3n) is 3.79. The van der Waals surface area contributed by atoms with E-state index in [0.29, 0.717) is 32.4 Å². The largest absolute Gasteiger partial charge is 0.393 e. The highest BCUT2D eigenvalue weighted by Gasteiger charge is 2.19. The van der Waals surface area contributed by atoms with Gasteiger partial charge in [-0.15, -0.1) is 0 Å². The van der Waals surface area contributed by atoms with Crippen LogP contribution in [0.25, 0.3) is 0 Å². The highest BCUT2D eigenvalue weighted by molar-refractivity contribution is 5.47. The van der Waals surface area contributed by atoms with Crippen LogP contribution < -0.4 is 11.5 Å². The molecule has 1 aromatic rings. The lowest BCUT2D eigenvalue weighted by atomic mass is 9.84. The number of nitrogens with two attached hydrogens (primary N) is 2. The first-order chi connectivity index (χ1) is 10.3. The van der Waals surface area contributed by atoms with Crippen LogP contribution in [-0.4, -0.2) is 33.6 Å². The van der Waals surface area contributed by atoms with Gasteiger partial charge in [-0.25, -0.2) is 0 Å². The van der Waals surface area contributed by atoms with E-state index < -0.39 is 18.3 Å². The highest BCUT2D eigenvalue weighted by atomic mass is 16.3. The van der Waals surface area contributed by atoms with Crippen LogP contribution in [0, 0.1) is 0 Å². The molecule has 7 N–H and O–H groups in total. The Balaban J connectivity index is 3.53. The van der Waals surface area contributed by atoms with Crippen LogP contribution in [0.3, 0.4) is 0 Å². The van der Waals surface area contributed by atoms with E-state index in [0.717, 1.165) is 27.8 Å². The Bertz CT molecular complexity index is 485. The summed E-state index contributed by atoms with van der Waals surface area (Å²) in [6.45, 7) is 5.91. The molecule has 5 heteroatoms. The molecule has 3 atom stereocenters. The van der Waals surface area contributed by atoms with Gasteiger partial charge in [-0.3, -0.25) is 0 Å². The molecule has 0 aliphatic carbocycles. The van der Waals surface area contributed by atoms with Crippen LogP contribution in [0.1, 0.15) is 48.6 Å². The van der Waals surface area contributed by atoms with Gasteiger partial charge in [-0.1, -0.05) is 6.07 Å². The summed E-state index contributed by atoms with van der Waals surface area (Å²) in [4.78, 5) is 0. The highest BCUT2D eigenvalue weighted by Crippen LogP contribution is 2.27. The fourth-order valence-electron chi connectivity index (χ4n) is 2.98. The van der Waals surface area contributed by atoms with Crippen LogP contribution in [0.2, 0.25) is 0 Å². The van der Waals surface area contributed by atoms with Crippen molar-refractivity contribution in [3.63, 3.8) is 0 Å². The smallest absolute Gasteiger partial charge is 0.0552 e. The van der Waals surface area contributed by atoms with Crippen molar-refractivity contribution in [2.24, 2.45) is 11.5 Å². The zero-order valence-corrected chi connectivity index (χ0v) is 13.8. The third kappa shape index (κ3) is 5.04. The molecule has 22 heavy (non-hydrogen) atoms. The van der Waals surface area contributed by atoms with E-state index in [9.17, 15) is 15.3 Å². The first-order valence-electron chi connectivity index (χ1n) is 7.89. The minimum absolute atomic E-state index is 0.344. The van der Waals surface area contributed by atoms with Crippen LogP contribution in [0.15, 0.2) is 6.07 Å². The minimum atomic E-state index is -0.509. The number of aliphatic hydroxyl groups excluding tert-OH is 3. The van der Waals surface area contributed by atoms with Crippen molar-refractivity contribution in [3.8, 4) is 0 Å². The third-order valence-corrected chi connectivity index (χ3v) is 3.79. The van der Waals surface area contributed by atoms with Crippen molar-refractivity contribution in [3.05, 3.63) is 33.9 Å². The van der Waals surface area contributed by atoms with Gasteiger partial charge in [-0.05, 0) is 67.9 Å². The van der Waals surface area contributed by atoms with E-state index in [-0.39, 0.29) is 0 Å². The quantitative estimate of drug-likeness (QED) is 0.476. The molecular formula is C17H30N2O3. The maximum atomic E-state index is 9.84. The van der Waals surface area contributed by atoms with Crippen LogP contribution in [0.4, 0.5) is 0 Å². The van der Waals surface area contributed by atoms with Gasteiger partial charge in [0.25, 0.3) is 0 Å². The van der Waals surface area contributed by atoms with Gasteiger partial charge in [-0.2, -0.15) is 0 Å². The van der Waals surface area contributed by atoms with Gasteiger partial charge in [0.05, 0.1) is 18.3 Å². The Hall–Kier alpha value is -0.980. The molecule has 0 heterocycles. The van der Waals surface area contributed by atoms with E-state index in [1.807, 2.05) is 6.07 Å². The number of aliphatic hydroxyl groups is 3. The molecule has 0 fully saturated rings. The van der Waals surface area contributed by atoms with Crippen molar-refractivity contribution in [1.29, 1.82) is 0 Å². The lowest BCUT2D eigenvalue weighted by molar-refractivity contribution is 0.185. The molecule has 0 aliphatic heterocycles. The van der Waals surface area contributed by atoms with Gasteiger partial charge < -0.3 is 26.8 Å². The zero-order chi connectivity index (χ0) is 16.9. The van der Waals surface area contributed by atoms with E-state index in [4.69, 9.17) is 11.5 Å². The van der Waals surface area contributed by atoms with E-state index >= 15 is 0 Å². The molecule has 0 saturated carbocycles. The molecule has 0 bridgehead atoms. The van der Waals surface area contributed by atoms with Gasteiger partial charge in [0.1, 0.15) is 0 Å². The van der Waals surface area contributed by atoms with Crippen molar-refractivity contribution in [1.82, 2.24) is 0 Å². The Labute approximate surface area is 133 Å². The monoisotopic (exact) mass is 310 g/mol. The molecule has 0 spiro atoms. The van der Waals surface area contributed by atoms with Gasteiger partial charge >= 0.3 is 0 Å². The maximum absolute atomic E-state index is 9.84. The zero-order valence-electron chi connectivity index (χ0n) is 13.8. The van der Waals surface area contributed by atoms with E-state index in [2.05, 4.69) is 0 Å². The summed E-state index contributed by atoms with van der Waals surface area (Å²) in [5.74, 6) is 0. The van der Waals surface area contributed by atoms with E-state index in [1.54, 1.807) is 20.8 Å². The minimum Gasteiger partial charge on any atom is -0.393 e. The van der Waals surface area contributed by atoms with E-state index in [1.165, 1.54) is 0 Å². The summed E-state index contributed by atoms with van der Waals surface area (Å²) in [6.07, 6.45) is -0.0639. The first kappa shape index (κ1) is 19.1. The number of hydrogen-bond donors (Lipinski definition) is 5. The number of benzene rings is 1. The van der Waals surface area contributed by atoms with Crippen molar-refractivity contribution < 1.29 is 15.3 Å². The van der Waals surface area contributed by atoms with Crippen LogP contribution in [0.5, 0.6) is 0 Å². The summed E-state index contributed by atoms with van der Waals surface area (Å²) >= 11 is 0. The molecule has 1 rings (SSSR count). The topological polar surface area (TPSA) is 113 Å². The lowest BCUT2D eigenvalue weighted by Crippen LogP contribution is -2.21. The fourth-order valence-corrected chi connectivity index (χ4v) is 2.98. The summed E-state index contributed by atoms with van der Waals surface area (Å²) in [7, 11) is 0. The molecule has 126 valence electrons. The van der Waals surface area contributed by atoms with Crippen molar-refractivity contribution in [2.45, 2.75) is 71.4 Å². The molecule has 0 amide bonds. The average molecular weight is 310 g/mol. The SMILES string of the molecule is CC(O)Cc1cc(CN)c(CN)c(CC(C)O)c1CC(C)O. The second-order valence-electron chi connectivity index (χ2n) is 6.20. The van der Waals surface area contributed by atoms with Crippen molar-refractivity contribution in [2.75, 3.05) is 0 Å². The molecule has 3 unspecified atom stereocenters. The van der Waals surface area contributed by atoms with Gasteiger partial charge in [0.2, 0.25) is 0 Å². The second kappa shape index (κ2) is 8.60. The van der Waals surface area contributed by atoms with Crippen LogP contribution >= 0.6 is 0 Å². The van der Waals surface area contributed by atoms with Crippen molar-refractivity contribution >= 4 is 0 Å². The summed E-state index contributed by atoms with van der Waals surface area (Å²) in [5.41, 5.74) is 16.6. The molecule has 0 aliphatic rings. The molecule has 0 saturated heterocycles. The summed E-state index contributed by atoms with van der Waals surface area (Å²) in [5, 5.41) is 29.4. The normalized spacial score (nSPS) is 15.6. The van der Waals surface area contributed by atoms with Crippen LogP contribution in [-0.2, 0) is 32.4 Å². The summed E-state index contributed by atoms with van der Waals surface area (Å²) in [6, 6.07) is 1.98. The first-order valence-corrected chi connectivity index (χ1v) is 7.89. The standard InChI is InChI=1S/C17H30N2O3/c1-10(20)4-13-7-14(8-18)17(9-19)16(6-12(3)22)15(13)5-11(2)21/h7,10-12,20-22H,4-6,8-9,18-19H2,1-3H3. The summed E-state index contributed by atoms with van der Waals surface area (Å²) < 4.78 is 0. The predicted octanol–water partition coefficient (Wildman–Crippen LogP) is 0.374.